The van der Waals surface area contributed by atoms with Crippen LogP contribution < -0.4 is 10.1 Å². The van der Waals surface area contributed by atoms with E-state index in [1.54, 1.807) is 36.0 Å². The minimum atomic E-state index is 0.00564. The summed E-state index contributed by atoms with van der Waals surface area (Å²) in [6, 6.07) is 14.0. The van der Waals surface area contributed by atoms with E-state index < -0.39 is 0 Å². The molecule has 32 heavy (non-hydrogen) atoms. The Morgan fingerprint density at radius 1 is 1.12 bits per heavy atom. The van der Waals surface area contributed by atoms with Gasteiger partial charge in [-0.05, 0) is 75.6 Å². The van der Waals surface area contributed by atoms with Gasteiger partial charge in [0.1, 0.15) is 11.5 Å². The number of thioether (sulfide) groups is 1. The summed E-state index contributed by atoms with van der Waals surface area (Å²) < 4.78 is 11.4. The Labute approximate surface area is 192 Å². The average molecular weight is 457 g/mol. The van der Waals surface area contributed by atoms with Gasteiger partial charge in [-0.15, -0.1) is 22.0 Å². The number of carbonyl (C=O) groups is 1. The highest BCUT2D eigenvalue weighted by Gasteiger charge is 2.10. The molecule has 0 aliphatic heterocycles. The molecule has 0 fully saturated rings. The van der Waals surface area contributed by atoms with Gasteiger partial charge in [-0.1, -0.05) is 0 Å². The predicted octanol–water partition coefficient (Wildman–Crippen LogP) is 4.03. The molecule has 0 bridgehead atoms. The van der Waals surface area contributed by atoms with Crippen molar-refractivity contribution in [1.82, 2.24) is 15.1 Å². The second kappa shape index (κ2) is 12.1. The molecule has 0 saturated carbocycles. The van der Waals surface area contributed by atoms with Crippen LogP contribution in [0.1, 0.15) is 18.7 Å². The Morgan fingerprint density at radius 3 is 2.59 bits per heavy atom. The SMILES string of the molecule is CN(C)CCCC(=O)Nc1ccc(-c2nnc(CSCCOc3ccc(O)cc3)o2)cc1. The second-order valence-electron chi connectivity index (χ2n) is 7.43. The number of phenols is 1. The Bertz CT molecular complexity index is 974. The van der Waals surface area contributed by atoms with Crippen LogP contribution in [0.15, 0.2) is 52.9 Å². The van der Waals surface area contributed by atoms with Crippen molar-refractivity contribution in [1.29, 1.82) is 0 Å². The number of amides is 1. The summed E-state index contributed by atoms with van der Waals surface area (Å²) in [7, 11) is 3.98. The largest absolute Gasteiger partial charge is 0.508 e. The number of anilines is 1. The first kappa shape index (κ1) is 23.6. The van der Waals surface area contributed by atoms with Crippen LogP contribution in [-0.2, 0) is 10.5 Å². The van der Waals surface area contributed by atoms with E-state index in [1.165, 1.54) is 0 Å². The molecule has 0 atom stereocenters. The third kappa shape index (κ3) is 7.90. The van der Waals surface area contributed by atoms with Crippen LogP contribution in [0.25, 0.3) is 11.5 Å². The molecule has 0 saturated heterocycles. The highest BCUT2D eigenvalue weighted by atomic mass is 32.2. The average Bonchev–Trinajstić information content (AvgIpc) is 3.24. The maximum Gasteiger partial charge on any atom is 0.247 e. The van der Waals surface area contributed by atoms with Gasteiger partial charge in [0, 0.05) is 23.4 Å². The Hall–Kier alpha value is -3.04. The number of benzene rings is 2. The predicted molar refractivity (Wildman–Crippen MR) is 126 cm³/mol. The summed E-state index contributed by atoms with van der Waals surface area (Å²) >= 11 is 1.63. The number of phenolic OH excluding ortho intramolecular Hbond substituents is 1. The van der Waals surface area contributed by atoms with Crippen molar-refractivity contribution >= 4 is 23.4 Å². The number of nitrogens with one attached hydrogen (secondary N) is 1. The summed E-state index contributed by atoms with van der Waals surface area (Å²) in [5, 5.41) is 20.4. The van der Waals surface area contributed by atoms with Crippen LogP contribution in [0, 0.1) is 0 Å². The number of aromatic nitrogens is 2. The quantitative estimate of drug-likeness (QED) is 0.394. The molecule has 0 unspecified atom stereocenters. The smallest absolute Gasteiger partial charge is 0.247 e. The van der Waals surface area contributed by atoms with E-state index in [0.29, 0.717) is 30.6 Å². The van der Waals surface area contributed by atoms with Gasteiger partial charge in [0.25, 0.3) is 0 Å². The maximum atomic E-state index is 12.0. The Balaban J connectivity index is 1.39. The van der Waals surface area contributed by atoms with Gasteiger partial charge in [-0.3, -0.25) is 4.79 Å². The normalized spacial score (nSPS) is 11.0. The molecule has 170 valence electrons. The fourth-order valence-electron chi connectivity index (χ4n) is 2.82. The van der Waals surface area contributed by atoms with Gasteiger partial charge in [-0.2, -0.15) is 0 Å². The molecule has 3 aromatic rings. The molecule has 2 N–H and O–H groups in total. The minimum absolute atomic E-state index is 0.00564. The first-order valence-corrected chi connectivity index (χ1v) is 11.5. The van der Waals surface area contributed by atoms with Crippen LogP contribution in [-0.4, -0.2) is 59.1 Å². The van der Waals surface area contributed by atoms with E-state index in [2.05, 4.69) is 20.4 Å². The number of aromatic hydroxyl groups is 1. The molecule has 0 radical (unpaired) electrons. The van der Waals surface area contributed by atoms with Gasteiger partial charge in [0.05, 0.1) is 12.4 Å². The van der Waals surface area contributed by atoms with Crippen LogP contribution in [0.2, 0.25) is 0 Å². The van der Waals surface area contributed by atoms with E-state index in [9.17, 15) is 9.90 Å². The van der Waals surface area contributed by atoms with Crippen molar-refractivity contribution in [3.63, 3.8) is 0 Å². The van der Waals surface area contributed by atoms with Crippen molar-refractivity contribution in [2.24, 2.45) is 0 Å². The molecule has 0 aliphatic rings. The number of nitrogens with zero attached hydrogens (tertiary/aromatic N) is 3. The summed E-state index contributed by atoms with van der Waals surface area (Å²) in [6.07, 6.45) is 1.31. The summed E-state index contributed by atoms with van der Waals surface area (Å²) in [5.74, 6) is 3.29. The number of ether oxygens (including phenoxy) is 1. The summed E-state index contributed by atoms with van der Waals surface area (Å²) in [6.45, 7) is 1.42. The van der Waals surface area contributed by atoms with E-state index in [0.717, 1.165) is 35.7 Å². The van der Waals surface area contributed by atoms with Gasteiger partial charge < -0.3 is 24.5 Å². The summed E-state index contributed by atoms with van der Waals surface area (Å²) in [4.78, 5) is 14.1. The fourth-order valence-corrected chi connectivity index (χ4v) is 3.46. The first-order valence-electron chi connectivity index (χ1n) is 10.4. The van der Waals surface area contributed by atoms with Crippen LogP contribution in [0.5, 0.6) is 11.5 Å². The molecule has 0 spiro atoms. The monoisotopic (exact) mass is 456 g/mol. The lowest BCUT2D eigenvalue weighted by atomic mass is 10.2. The molecular weight excluding hydrogens is 428 g/mol. The zero-order valence-corrected chi connectivity index (χ0v) is 19.1. The third-order valence-electron chi connectivity index (χ3n) is 4.45. The highest BCUT2D eigenvalue weighted by molar-refractivity contribution is 7.98. The lowest BCUT2D eigenvalue weighted by molar-refractivity contribution is -0.116. The van der Waals surface area contributed by atoms with E-state index in [4.69, 9.17) is 9.15 Å². The molecule has 2 aromatic carbocycles. The number of hydrogen-bond donors (Lipinski definition) is 2. The van der Waals surface area contributed by atoms with Gasteiger partial charge in [0.2, 0.25) is 17.7 Å². The zero-order chi connectivity index (χ0) is 22.8. The lowest BCUT2D eigenvalue weighted by Crippen LogP contribution is -2.17. The van der Waals surface area contributed by atoms with Crippen LogP contribution in [0.3, 0.4) is 0 Å². The fraction of sp³-hybridized carbons (Fsp3) is 0.348. The Morgan fingerprint density at radius 2 is 1.88 bits per heavy atom. The molecular formula is C23H28N4O4S. The van der Waals surface area contributed by atoms with E-state index in [-0.39, 0.29) is 11.7 Å². The second-order valence-corrected chi connectivity index (χ2v) is 8.53. The van der Waals surface area contributed by atoms with Gasteiger partial charge in [0.15, 0.2) is 0 Å². The third-order valence-corrected chi connectivity index (χ3v) is 5.36. The van der Waals surface area contributed by atoms with Crippen LogP contribution >= 0.6 is 11.8 Å². The zero-order valence-electron chi connectivity index (χ0n) is 18.3. The topological polar surface area (TPSA) is 101 Å². The van der Waals surface area contributed by atoms with Crippen molar-refractivity contribution in [2.45, 2.75) is 18.6 Å². The van der Waals surface area contributed by atoms with Crippen LogP contribution in [0.4, 0.5) is 5.69 Å². The van der Waals surface area contributed by atoms with Crippen molar-refractivity contribution in [2.75, 3.05) is 38.3 Å². The molecule has 8 nitrogen and oxygen atoms in total. The molecule has 9 heteroatoms. The van der Waals surface area contributed by atoms with E-state index in [1.807, 2.05) is 38.4 Å². The van der Waals surface area contributed by atoms with E-state index >= 15 is 0 Å². The molecule has 1 amide bonds. The number of hydrogen-bond acceptors (Lipinski definition) is 8. The molecule has 0 aliphatic carbocycles. The first-order chi connectivity index (χ1) is 15.5. The minimum Gasteiger partial charge on any atom is -0.508 e. The lowest BCUT2D eigenvalue weighted by Gasteiger charge is -2.09. The molecule has 1 aromatic heterocycles. The highest BCUT2D eigenvalue weighted by Crippen LogP contribution is 2.22. The standard InChI is InChI=1S/C23H28N4O4S/c1-27(2)13-3-4-21(29)24-18-7-5-17(6-8-18)23-26-25-22(31-23)16-32-15-14-30-20-11-9-19(28)10-12-20/h5-12,28H,3-4,13-16H2,1-2H3,(H,24,29). The number of rotatable bonds is 12. The maximum absolute atomic E-state index is 12.0. The summed E-state index contributed by atoms with van der Waals surface area (Å²) in [5.41, 5.74) is 1.54. The van der Waals surface area contributed by atoms with Crippen molar-refractivity contribution in [3.05, 3.63) is 54.4 Å². The Kier molecular flexibility index (Phi) is 8.94. The van der Waals surface area contributed by atoms with Gasteiger partial charge in [-0.25, -0.2) is 0 Å². The van der Waals surface area contributed by atoms with Crippen molar-refractivity contribution < 1.29 is 19.1 Å². The van der Waals surface area contributed by atoms with Gasteiger partial charge >= 0.3 is 0 Å². The number of carbonyl (C=O) groups excluding carboxylic acids is 1. The van der Waals surface area contributed by atoms with Crippen molar-refractivity contribution in [3.8, 4) is 23.0 Å². The molecule has 1 heterocycles. The molecule has 3 rings (SSSR count).